The summed E-state index contributed by atoms with van der Waals surface area (Å²) >= 11 is 0. The van der Waals surface area contributed by atoms with Gasteiger partial charge < -0.3 is 10.9 Å². The fraction of sp³-hybridized carbons (Fsp3) is 0.364. The topological polar surface area (TPSA) is 78.4 Å². The molecule has 0 saturated heterocycles. The summed E-state index contributed by atoms with van der Waals surface area (Å²) in [5, 5.41) is 0. The molecule has 1 aliphatic carbocycles. The predicted molar refractivity (Wildman–Crippen MR) is 103 cm³/mol. The molecule has 2 aromatic carbocycles. The maximum absolute atomic E-state index is 13.2. The van der Waals surface area contributed by atoms with Crippen molar-refractivity contribution in [3.05, 3.63) is 65.2 Å². The van der Waals surface area contributed by atoms with Crippen LogP contribution in [-0.2, 0) is 4.79 Å². The molecule has 4 heteroatoms. The Labute approximate surface area is 155 Å². The molecule has 0 radical (unpaired) electrons. The highest BCUT2D eigenvalue weighted by atomic mass is 16.5. The molecule has 0 bridgehead atoms. The van der Waals surface area contributed by atoms with E-state index < -0.39 is 0 Å². The summed E-state index contributed by atoms with van der Waals surface area (Å²) < 4.78 is 5.51. The first-order valence-electron chi connectivity index (χ1n) is 9.14. The van der Waals surface area contributed by atoms with E-state index in [0.717, 1.165) is 18.4 Å². The Bertz CT molecular complexity index is 749. The quantitative estimate of drug-likeness (QED) is 0.441. The molecule has 138 valence electrons. The van der Waals surface area contributed by atoms with Crippen LogP contribution in [0.25, 0.3) is 0 Å². The van der Waals surface area contributed by atoms with Crippen LogP contribution in [0.3, 0.4) is 0 Å². The summed E-state index contributed by atoms with van der Waals surface area (Å²) in [5.74, 6) is 0.365. The van der Waals surface area contributed by atoms with Crippen LogP contribution >= 0.6 is 0 Å². The first-order chi connectivity index (χ1) is 12.2. The van der Waals surface area contributed by atoms with Gasteiger partial charge in [0.25, 0.3) is 0 Å². The molecule has 0 amide bonds. The number of ketones is 1. The van der Waals surface area contributed by atoms with Crippen molar-refractivity contribution in [1.82, 2.24) is 6.15 Å². The van der Waals surface area contributed by atoms with Gasteiger partial charge in [0, 0.05) is 12.0 Å². The normalized spacial score (nSPS) is 14.3. The zero-order valence-electron chi connectivity index (χ0n) is 15.4. The van der Waals surface area contributed by atoms with E-state index in [1.807, 2.05) is 42.5 Å². The van der Waals surface area contributed by atoms with Gasteiger partial charge in [-0.2, -0.15) is 0 Å². The van der Waals surface area contributed by atoms with E-state index in [0.29, 0.717) is 22.8 Å². The van der Waals surface area contributed by atoms with Gasteiger partial charge in [-0.1, -0.05) is 68.7 Å². The Hall–Kier alpha value is -2.46. The number of esters is 1. The van der Waals surface area contributed by atoms with Crippen molar-refractivity contribution < 1.29 is 14.3 Å². The third kappa shape index (κ3) is 4.38. The third-order valence-corrected chi connectivity index (χ3v) is 4.88. The van der Waals surface area contributed by atoms with Crippen molar-refractivity contribution in [2.45, 2.75) is 51.4 Å². The predicted octanol–water partition coefficient (Wildman–Crippen LogP) is 5.44. The summed E-state index contributed by atoms with van der Waals surface area (Å²) in [6.45, 7) is 1.76. The van der Waals surface area contributed by atoms with E-state index in [1.54, 1.807) is 13.0 Å². The highest BCUT2D eigenvalue weighted by Gasteiger charge is 2.26. The van der Waals surface area contributed by atoms with E-state index in [-0.39, 0.29) is 24.3 Å². The summed E-state index contributed by atoms with van der Waals surface area (Å²) in [6, 6.07) is 14.9. The summed E-state index contributed by atoms with van der Waals surface area (Å²) in [5.41, 5.74) is 2.21. The Kier molecular flexibility index (Phi) is 7.10. The summed E-state index contributed by atoms with van der Waals surface area (Å²) in [7, 11) is 0. The molecule has 0 spiro atoms. The second-order valence-electron chi connectivity index (χ2n) is 6.58. The molecule has 0 heterocycles. The highest BCUT2D eigenvalue weighted by molar-refractivity contribution is 6.12. The lowest BCUT2D eigenvalue weighted by molar-refractivity contribution is -0.134. The van der Waals surface area contributed by atoms with Crippen molar-refractivity contribution in [2.75, 3.05) is 0 Å². The van der Waals surface area contributed by atoms with Gasteiger partial charge in [0.15, 0.2) is 5.78 Å². The average Bonchev–Trinajstić information content (AvgIpc) is 2.68. The van der Waals surface area contributed by atoms with Crippen molar-refractivity contribution >= 4 is 11.8 Å². The molecule has 3 N–H and O–H groups in total. The summed E-state index contributed by atoms with van der Waals surface area (Å²) in [6.07, 6.45) is 6.07. The van der Waals surface area contributed by atoms with Crippen LogP contribution in [0.5, 0.6) is 5.75 Å². The first kappa shape index (κ1) is 19.9. The number of rotatable bonds is 5. The lowest BCUT2D eigenvalue weighted by Gasteiger charge is -2.25. The van der Waals surface area contributed by atoms with Crippen LogP contribution in [0.1, 0.15) is 72.9 Å². The van der Waals surface area contributed by atoms with Gasteiger partial charge in [-0.15, -0.1) is 0 Å². The van der Waals surface area contributed by atoms with Crippen molar-refractivity contribution in [3.8, 4) is 5.75 Å². The zero-order valence-corrected chi connectivity index (χ0v) is 15.4. The van der Waals surface area contributed by atoms with Crippen LogP contribution in [0.4, 0.5) is 0 Å². The molecule has 1 saturated carbocycles. The minimum atomic E-state index is -0.317. The van der Waals surface area contributed by atoms with Gasteiger partial charge in [-0.05, 0) is 30.4 Å². The molecule has 0 unspecified atom stereocenters. The molecule has 2 aromatic rings. The molecule has 4 nitrogen and oxygen atoms in total. The maximum atomic E-state index is 13.2. The highest BCUT2D eigenvalue weighted by Crippen LogP contribution is 2.38. The molecular formula is C22H27NO3. The smallest absolute Gasteiger partial charge is 0.310 e. The Morgan fingerprint density at radius 2 is 1.65 bits per heavy atom. The number of hydrogen-bond acceptors (Lipinski definition) is 4. The second kappa shape index (κ2) is 9.30. The van der Waals surface area contributed by atoms with Crippen LogP contribution in [0.2, 0.25) is 0 Å². The van der Waals surface area contributed by atoms with E-state index in [4.69, 9.17) is 4.74 Å². The molecule has 1 fully saturated rings. The van der Waals surface area contributed by atoms with Gasteiger partial charge in [0.05, 0.1) is 5.56 Å². The van der Waals surface area contributed by atoms with Crippen LogP contribution in [0.15, 0.2) is 48.5 Å². The number of carbonyl (C=O) groups is 2. The molecule has 0 atom stereocenters. The zero-order chi connectivity index (χ0) is 17.6. The van der Waals surface area contributed by atoms with E-state index in [9.17, 15) is 9.59 Å². The van der Waals surface area contributed by atoms with Gasteiger partial charge in [-0.3, -0.25) is 9.59 Å². The fourth-order valence-electron chi connectivity index (χ4n) is 3.56. The molecular weight excluding hydrogens is 326 g/mol. The van der Waals surface area contributed by atoms with Crippen molar-refractivity contribution in [2.24, 2.45) is 0 Å². The van der Waals surface area contributed by atoms with Gasteiger partial charge in [0.1, 0.15) is 5.75 Å². The van der Waals surface area contributed by atoms with Crippen LogP contribution in [-0.4, -0.2) is 11.8 Å². The lowest BCUT2D eigenvalue weighted by Crippen LogP contribution is -2.15. The fourth-order valence-corrected chi connectivity index (χ4v) is 3.56. The molecule has 0 aliphatic heterocycles. The van der Waals surface area contributed by atoms with Crippen molar-refractivity contribution in [1.29, 1.82) is 0 Å². The van der Waals surface area contributed by atoms with Gasteiger partial charge >= 0.3 is 5.97 Å². The van der Waals surface area contributed by atoms with Crippen LogP contribution < -0.4 is 10.9 Å². The monoisotopic (exact) mass is 353 g/mol. The van der Waals surface area contributed by atoms with Crippen LogP contribution in [0, 0.1) is 0 Å². The molecule has 3 rings (SSSR count). The standard InChI is InChI=1S/C22H24O3.H3N/c1-2-20(23)25-19-15-9-14-18(16-10-5-3-6-11-16)21(19)22(24)17-12-7-4-8-13-17;/h4,7-9,12-16H,2-3,5-6,10-11H2,1H3;1H3. The molecule has 26 heavy (non-hydrogen) atoms. The first-order valence-corrected chi connectivity index (χ1v) is 9.14. The Morgan fingerprint density at radius 1 is 0.962 bits per heavy atom. The van der Waals surface area contributed by atoms with Crippen molar-refractivity contribution in [3.63, 3.8) is 0 Å². The molecule has 1 aliphatic rings. The second-order valence-corrected chi connectivity index (χ2v) is 6.58. The van der Waals surface area contributed by atoms with E-state index in [1.165, 1.54) is 19.3 Å². The number of carbonyl (C=O) groups excluding carboxylic acids is 2. The largest absolute Gasteiger partial charge is 0.426 e. The molecule has 0 aromatic heterocycles. The number of benzene rings is 2. The minimum absolute atomic E-state index is 0. The lowest BCUT2D eigenvalue weighted by atomic mass is 9.80. The van der Waals surface area contributed by atoms with E-state index in [2.05, 4.69) is 0 Å². The average molecular weight is 353 g/mol. The SMILES string of the molecule is CCC(=O)Oc1cccc(C2CCCCC2)c1C(=O)c1ccccc1.N. The third-order valence-electron chi connectivity index (χ3n) is 4.88. The van der Waals surface area contributed by atoms with Gasteiger partial charge in [0.2, 0.25) is 0 Å². The Morgan fingerprint density at radius 3 is 2.31 bits per heavy atom. The summed E-state index contributed by atoms with van der Waals surface area (Å²) in [4.78, 5) is 25.1. The maximum Gasteiger partial charge on any atom is 0.310 e. The minimum Gasteiger partial charge on any atom is -0.426 e. The number of hydrogen-bond donors (Lipinski definition) is 1. The van der Waals surface area contributed by atoms with E-state index >= 15 is 0 Å². The van der Waals surface area contributed by atoms with Gasteiger partial charge in [-0.25, -0.2) is 0 Å². The number of ether oxygens (including phenoxy) is 1. The Balaban J connectivity index is 0.00000243.